The van der Waals surface area contributed by atoms with Crippen LogP contribution in [0.4, 0.5) is 0 Å². The third-order valence-corrected chi connectivity index (χ3v) is 4.94. The van der Waals surface area contributed by atoms with Gasteiger partial charge < -0.3 is 24.0 Å². The fourth-order valence-corrected chi connectivity index (χ4v) is 3.60. The first-order valence-electron chi connectivity index (χ1n) is 9.08. The number of benzene rings is 2. The van der Waals surface area contributed by atoms with Crippen molar-refractivity contribution in [2.45, 2.75) is 6.54 Å². The minimum Gasteiger partial charge on any atom is -0.872 e. The summed E-state index contributed by atoms with van der Waals surface area (Å²) in [5.41, 5.74) is 2.86. The van der Waals surface area contributed by atoms with Crippen molar-refractivity contribution in [2.24, 2.45) is 7.05 Å². The molecule has 6 nitrogen and oxygen atoms in total. The maximum absolute atomic E-state index is 12.9. The Kier molecular flexibility index (Phi) is 4.35. The second kappa shape index (κ2) is 6.73. The summed E-state index contributed by atoms with van der Waals surface area (Å²) < 4.78 is 13.2. The van der Waals surface area contributed by atoms with E-state index in [4.69, 9.17) is 9.47 Å². The number of carbonyl (C=O) groups is 1. The molecular formula is C22H22N2O4. The van der Waals surface area contributed by atoms with Crippen molar-refractivity contribution >= 4 is 22.8 Å². The minimum atomic E-state index is -0.204. The van der Waals surface area contributed by atoms with Crippen LogP contribution in [0.1, 0.15) is 21.5 Å². The van der Waals surface area contributed by atoms with Gasteiger partial charge in [0.05, 0.1) is 26.8 Å². The molecule has 0 amide bonds. The highest BCUT2D eigenvalue weighted by molar-refractivity contribution is 6.15. The Balaban J connectivity index is 1.80. The van der Waals surface area contributed by atoms with E-state index in [9.17, 15) is 9.90 Å². The van der Waals surface area contributed by atoms with Crippen LogP contribution in [0, 0.1) is 0 Å². The summed E-state index contributed by atoms with van der Waals surface area (Å²) in [6.45, 7) is 0.494. The van der Waals surface area contributed by atoms with Gasteiger partial charge in [-0.05, 0) is 30.3 Å². The third kappa shape index (κ3) is 2.92. The maximum atomic E-state index is 12.9. The van der Waals surface area contributed by atoms with Crippen molar-refractivity contribution in [3.05, 3.63) is 59.0 Å². The van der Waals surface area contributed by atoms with Crippen molar-refractivity contribution in [2.75, 3.05) is 21.2 Å². The Bertz CT molecular complexity index is 1130. The minimum absolute atomic E-state index is 0.108. The highest BCUT2D eigenvalue weighted by atomic mass is 16.5. The number of allylic oxidation sites excluding steroid dienone is 1. The van der Waals surface area contributed by atoms with Crippen LogP contribution in [0.25, 0.3) is 17.0 Å². The van der Waals surface area contributed by atoms with Gasteiger partial charge in [0.2, 0.25) is 5.78 Å². The van der Waals surface area contributed by atoms with E-state index in [1.807, 2.05) is 50.1 Å². The number of ether oxygens (including phenoxy) is 2. The van der Waals surface area contributed by atoms with Crippen LogP contribution in [0.5, 0.6) is 17.2 Å². The molecule has 0 aliphatic carbocycles. The van der Waals surface area contributed by atoms with Crippen LogP contribution in [0.3, 0.4) is 0 Å². The van der Waals surface area contributed by atoms with Crippen LogP contribution < -0.4 is 19.5 Å². The number of rotatable bonds is 4. The average Bonchev–Trinajstić information content (AvgIpc) is 3.15. The lowest BCUT2D eigenvalue weighted by Crippen LogP contribution is -3.04. The molecule has 2 heterocycles. The molecule has 144 valence electrons. The summed E-state index contributed by atoms with van der Waals surface area (Å²) in [7, 11) is 7.48. The second-order valence-corrected chi connectivity index (χ2v) is 7.32. The molecule has 1 aromatic heterocycles. The number of ketones is 1. The summed E-state index contributed by atoms with van der Waals surface area (Å²) in [5, 5.41) is 13.3. The predicted octanol–water partition coefficient (Wildman–Crippen LogP) is 1.52. The summed E-state index contributed by atoms with van der Waals surface area (Å²) >= 11 is 0. The summed E-state index contributed by atoms with van der Waals surface area (Å²) in [6, 6.07) is 8.82. The quantitative estimate of drug-likeness (QED) is 0.699. The smallest absolute Gasteiger partial charge is 0.231 e. The lowest BCUT2D eigenvalue weighted by atomic mass is 10.0. The SMILES string of the molecule is COc1ccc2c(c1)c(/C=C1\Oc3c(ccc([O-])c3C[NH+](C)C)C1=O)cn2C. The van der Waals surface area contributed by atoms with Gasteiger partial charge in [-0.1, -0.05) is 11.8 Å². The molecule has 1 N–H and O–H groups in total. The summed E-state index contributed by atoms with van der Waals surface area (Å²) in [6.07, 6.45) is 3.68. The van der Waals surface area contributed by atoms with Gasteiger partial charge in [-0.25, -0.2) is 0 Å². The summed E-state index contributed by atoms with van der Waals surface area (Å²) in [4.78, 5) is 14.0. The van der Waals surface area contributed by atoms with Crippen molar-refractivity contribution in [3.8, 4) is 17.2 Å². The molecule has 0 spiro atoms. The molecule has 1 aliphatic heterocycles. The number of fused-ring (bicyclic) bond motifs is 2. The fraction of sp³-hybridized carbons (Fsp3) is 0.227. The van der Waals surface area contributed by atoms with Crippen molar-refractivity contribution in [1.82, 2.24) is 4.57 Å². The van der Waals surface area contributed by atoms with E-state index in [1.165, 1.54) is 6.07 Å². The fourth-order valence-electron chi connectivity index (χ4n) is 3.60. The van der Waals surface area contributed by atoms with Crippen molar-refractivity contribution < 1.29 is 24.3 Å². The number of hydrogen-bond acceptors (Lipinski definition) is 4. The Morgan fingerprint density at radius 2 is 2.04 bits per heavy atom. The molecule has 0 unspecified atom stereocenters. The van der Waals surface area contributed by atoms with E-state index in [1.54, 1.807) is 19.3 Å². The van der Waals surface area contributed by atoms with Crippen LogP contribution >= 0.6 is 0 Å². The molecule has 0 saturated carbocycles. The number of aromatic nitrogens is 1. The number of nitrogens with zero attached hydrogens (tertiary/aromatic N) is 1. The van der Waals surface area contributed by atoms with Crippen LogP contribution in [-0.2, 0) is 13.6 Å². The van der Waals surface area contributed by atoms with Gasteiger partial charge in [-0.2, -0.15) is 0 Å². The molecule has 2 aromatic carbocycles. The molecule has 3 aromatic rings. The molecule has 28 heavy (non-hydrogen) atoms. The Morgan fingerprint density at radius 1 is 1.25 bits per heavy atom. The highest BCUT2D eigenvalue weighted by Crippen LogP contribution is 2.39. The monoisotopic (exact) mass is 378 g/mol. The molecule has 1 aliphatic rings. The molecule has 0 saturated heterocycles. The Hall–Kier alpha value is -3.25. The van der Waals surface area contributed by atoms with E-state index in [-0.39, 0.29) is 17.3 Å². The Morgan fingerprint density at radius 3 is 2.75 bits per heavy atom. The van der Waals surface area contributed by atoms with Crippen molar-refractivity contribution in [3.63, 3.8) is 0 Å². The lowest BCUT2D eigenvalue weighted by molar-refractivity contribution is -0.872. The maximum Gasteiger partial charge on any atom is 0.231 e. The molecule has 0 radical (unpaired) electrons. The number of quaternary nitrogens is 1. The number of hydrogen-bond donors (Lipinski definition) is 1. The van der Waals surface area contributed by atoms with Gasteiger partial charge in [0.15, 0.2) is 5.76 Å². The standard InChI is InChI=1S/C22H22N2O4/c1-23(2)12-17-19(25)8-6-15-21(26)20(28-22(15)17)9-13-11-24(3)18-7-5-14(27-4)10-16(13)18/h5-11,25H,12H2,1-4H3/b20-9-. The van der Waals surface area contributed by atoms with E-state index >= 15 is 0 Å². The zero-order valence-corrected chi connectivity index (χ0v) is 16.3. The zero-order valence-electron chi connectivity index (χ0n) is 16.3. The molecule has 4 rings (SSSR count). The third-order valence-electron chi connectivity index (χ3n) is 4.94. The number of nitrogens with one attached hydrogen (secondary N) is 1. The van der Waals surface area contributed by atoms with E-state index in [0.29, 0.717) is 23.4 Å². The largest absolute Gasteiger partial charge is 0.872 e. The topological polar surface area (TPSA) is 68.0 Å². The number of carbonyl (C=O) groups excluding carboxylic acids is 1. The van der Waals surface area contributed by atoms with Gasteiger partial charge in [-0.15, -0.1) is 0 Å². The highest BCUT2D eigenvalue weighted by Gasteiger charge is 2.30. The average molecular weight is 378 g/mol. The molecule has 0 fully saturated rings. The second-order valence-electron chi connectivity index (χ2n) is 7.32. The molecule has 0 atom stereocenters. The van der Waals surface area contributed by atoms with Crippen LogP contribution in [-0.4, -0.2) is 31.6 Å². The molecular weight excluding hydrogens is 356 g/mol. The first-order valence-corrected chi connectivity index (χ1v) is 9.08. The zero-order chi connectivity index (χ0) is 20.0. The first kappa shape index (κ1) is 18.1. The Labute approximate surface area is 163 Å². The predicted molar refractivity (Wildman–Crippen MR) is 105 cm³/mol. The van der Waals surface area contributed by atoms with E-state index in [0.717, 1.165) is 27.1 Å². The first-order chi connectivity index (χ1) is 13.4. The number of methoxy groups -OCH3 is 1. The van der Waals surface area contributed by atoms with Crippen LogP contribution in [0.15, 0.2) is 42.3 Å². The lowest BCUT2D eigenvalue weighted by Gasteiger charge is -2.17. The normalized spacial score (nSPS) is 14.8. The van der Waals surface area contributed by atoms with Gasteiger partial charge in [0.1, 0.15) is 18.0 Å². The van der Waals surface area contributed by atoms with Gasteiger partial charge in [0, 0.05) is 35.3 Å². The van der Waals surface area contributed by atoms with Gasteiger partial charge >= 0.3 is 0 Å². The van der Waals surface area contributed by atoms with E-state index < -0.39 is 0 Å². The van der Waals surface area contributed by atoms with Crippen molar-refractivity contribution in [1.29, 1.82) is 0 Å². The summed E-state index contributed by atoms with van der Waals surface area (Å²) in [5.74, 6) is 1.05. The van der Waals surface area contributed by atoms with Gasteiger partial charge in [-0.3, -0.25) is 4.79 Å². The molecule has 6 heteroatoms. The number of aryl methyl sites for hydroxylation is 1. The van der Waals surface area contributed by atoms with E-state index in [2.05, 4.69) is 0 Å². The van der Waals surface area contributed by atoms with Crippen LogP contribution in [0.2, 0.25) is 0 Å². The number of Topliss-reactive ketones (excluding diaryl/α,β-unsaturated/α-hetero) is 1. The molecule has 0 bridgehead atoms. The van der Waals surface area contributed by atoms with Gasteiger partial charge in [0.25, 0.3) is 0 Å².